The Morgan fingerprint density at radius 3 is 2.16 bits per heavy atom. The predicted octanol–water partition coefficient (Wildman–Crippen LogP) is 9.31. The number of hydrogen-bond acceptors (Lipinski definition) is 3. The first-order valence-electron chi connectivity index (χ1n) is 15.3. The maximum Gasteiger partial charge on any atom is 0.0458 e. The second kappa shape index (κ2) is 16.5. The van der Waals surface area contributed by atoms with Gasteiger partial charge in [-0.2, -0.15) is 0 Å². The van der Waals surface area contributed by atoms with E-state index in [2.05, 4.69) is 61.1 Å². The van der Waals surface area contributed by atoms with Crippen LogP contribution >= 0.6 is 0 Å². The molecule has 2 fully saturated rings. The monoisotopic (exact) mass is 503 g/mol. The van der Waals surface area contributed by atoms with Gasteiger partial charge in [0.15, 0.2) is 0 Å². The summed E-state index contributed by atoms with van der Waals surface area (Å²) in [6.45, 7) is 16.5. The van der Waals surface area contributed by atoms with Crippen LogP contribution in [-0.2, 0) is 0 Å². The number of rotatable bonds is 13. The van der Waals surface area contributed by atoms with Crippen molar-refractivity contribution in [1.82, 2.24) is 9.88 Å². The Bertz CT molecular complexity index is 859. The van der Waals surface area contributed by atoms with Crippen LogP contribution in [0.3, 0.4) is 0 Å². The molecule has 1 saturated carbocycles. The maximum atomic E-state index is 5.46. The number of hydrogen-bond donors (Lipinski definition) is 0. The molecule has 1 aromatic rings. The summed E-state index contributed by atoms with van der Waals surface area (Å²) in [4.78, 5) is 10.5. The highest BCUT2D eigenvalue weighted by Gasteiger charge is 2.23. The second-order valence-corrected chi connectivity index (χ2v) is 11.1. The van der Waals surface area contributed by atoms with E-state index in [1.807, 2.05) is 18.2 Å². The molecule has 0 aromatic carbocycles. The van der Waals surface area contributed by atoms with Gasteiger partial charge >= 0.3 is 0 Å². The second-order valence-electron chi connectivity index (χ2n) is 11.1. The maximum absolute atomic E-state index is 5.46. The van der Waals surface area contributed by atoms with Crippen molar-refractivity contribution in [3.8, 4) is 0 Å². The average Bonchev–Trinajstić information content (AvgIpc) is 2.91. The Morgan fingerprint density at radius 2 is 1.57 bits per heavy atom. The summed E-state index contributed by atoms with van der Waals surface area (Å²) >= 11 is 0. The van der Waals surface area contributed by atoms with E-state index in [1.165, 1.54) is 106 Å². The lowest BCUT2D eigenvalue weighted by atomic mass is 9.87. The van der Waals surface area contributed by atoms with Gasteiger partial charge < -0.3 is 9.80 Å². The first-order chi connectivity index (χ1) is 18.2. The number of pyridine rings is 1. The Labute approximate surface area is 228 Å². The van der Waals surface area contributed by atoms with Crippen LogP contribution in [0.15, 0.2) is 61.4 Å². The Morgan fingerprint density at radius 1 is 0.919 bits per heavy atom. The SMILES string of the molecule is C=C/C=C\C(=C/C=C)N1CCN(c2cc(C(CCCC)CCCC)nc(C3CCCCCCC3)c2)CC1. The van der Waals surface area contributed by atoms with Crippen molar-refractivity contribution in [2.45, 2.75) is 109 Å². The van der Waals surface area contributed by atoms with Gasteiger partial charge in [-0.1, -0.05) is 103 Å². The first kappa shape index (κ1) is 29.3. The fraction of sp³-hybridized carbons (Fsp3) is 0.618. The van der Waals surface area contributed by atoms with E-state index in [9.17, 15) is 0 Å². The van der Waals surface area contributed by atoms with Gasteiger partial charge in [0.25, 0.3) is 0 Å². The summed E-state index contributed by atoms with van der Waals surface area (Å²) in [5.74, 6) is 1.23. The zero-order chi connectivity index (χ0) is 26.3. The molecule has 204 valence electrons. The molecule has 0 bridgehead atoms. The summed E-state index contributed by atoms with van der Waals surface area (Å²) in [6.07, 6.45) is 27.2. The molecule has 2 aliphatic rings. The smallest absolute Gasteiger partial charge is 0.0458 e. The minimum Gasteiger partial charge on any atom is -0.368 e. The largest absolute Gasteiger partial charge is 0.368 e. The molecule has 3 heteroatoms. The third-order valence-electron chi connectivity index (χ3n) is 8.31. The van der Waals surface area contributed by atoms with E-state index in [0.717, 1.165) is 26.2 Å². The Hall–Kier alpha value is -2.29. The van der Waals surface area contributed by atoms with Crippen molar-refractivity contribution in [2.75, 3.05) is 31.1 Å². The van der Waals surface area contributed by atoms with Gasteiger partial charge in [0.2, 0.25) is 0 Å². The molecular formula is C34H53N3. The summed E-state index contributed by atoms with van der Waals surface area (Å²) in [6, 6.07) is 4.94. The van der Waals surface area contributed by atoms with Crippen LogP contribution in [0.4, 0.5) is 5.69 Å². The Kier molecular flexibility index (Phi) is 13.1. The van der Waals surface area contributed by atoms with E-state index < -0.39 is 0 Å². The van der Waals surface area contributed by atoms with E-state index >= 15 is 0 Å². The lowest BCUT2D eigenvalue weighted by Crippen LogP contribution is -2.45. The third kappa shape index (κ3) is 9.20. The number of nitrogens with zero attached hydrogens (tertiary/aromatic N) is 3. The van der Waals surface area contributed by atoms with Crippen LogP contribution in [0.25, 0.3) is 0 Å². The summed E-state index contributed by atoms with van der Waals surface area (Å²) in [5, 5.41) is 0. The van der Waals surface area contributed by atoms with E-state index in [4.69, 9.17) is 4.98 Å². The standard InChI is InChI=1S/C34H53N3/c1-5-9-18-29(19-10-6-2)33-27-32(28-34(35-33)30-20-15-13-12-14-16-21-30)37-25-23-36(24-26-37)31(17-8-4)22-11-7-3/h7-8,11,17,22,27-30H,3-6,9-10,12-16,18-21,23-26H2,1-2H3/b22-11-,31-17+. The predicted molar refractivity (Wildman–Crippen MR) is 162 cm³/mol. The van der Waals surface area contributed by atoms with Crippen LogP contribution in [0.5, 0.6) is 0 Å². The van der Waals surface area contributed by atoms with Crippen molar-refractivity contribution in [1.29, 1.82) is 0 Å². The number of aromatic nitrogens is 1. The van der Waals surface area contributed by atoms with Crippen molar-refractivity contribution < 1.29 is 0 Å². The van der Waals surface area contributed by atoms with Crippen molar-refractivity contribution in [3.05, 3.63) is 72.8 Å². The van der Waals surface area contributed by atoms with Gasteiger partial charge in [-0.05, 0) is 50.0 Å². The minimum absolute atomic E-state index is 0.597. The van der Waals surface area contributed by atoms with Gasteiger partial charge in [0.1, 0.15) is 0 Å². The number of anilines is 1. The highest BCUT2D eigenvalue weighted by molar-refractivity contribution is 5.50. The molecule has 0 N–H and O–H groups in total. The fourth-order valence-electron chi connectivity index (χ4n) is 6.03. The van der Waals surface area contributed by atoms with Crippen molar-refractivity contribution in [2.24, 2.45) is 0 Å². The first-order valence-corrected chi connectivity index (χ1v) is 15.3. The summed E-state index contributed by atoms with van der Waals surface area (Å²) < 4.78 is 0. The lowest BCUT2D eigenvalue weighted by molar-refractivity contribution is 0.330. The van der Waals surface area contributed by atoms with Crippen LogP contribution in [0, 0.1) is 0 Å². The molecule has 1 saturated heterocycles. The quantitative estimate of drug-likeness (QED) is 0.250. The molecule has 0 unspecified atom stereocenters. The molecule has 1 aliphatic carbocycles. The van der Waals surface area contributed by atoms with Gasteiger partial charge in [0.05, 0.1) is 0 Å². The van der Waals surface area contributed by atoms with Crippen molar-refractivity contribution >= 4 is 5.69 Å². The molecule has 3 rings (SSSR count). The zero-order valence-corrected chi connectivity index (χ0v) is 24.0. The zero-order valence-electron chi connectivity index (χ0n) is 24.0. The van der Waals surface area contributed by atoms with Crippen LogP contribution in [0.2, 0.25) is 0 Å². The normalized spacial score (nSPS) is 18.3. The average molecular weight is 504 g/mol. The van der Waals surface area contributed by atoms with Crippen molar-refractivity contribution in [3.63, 3.8) is 0 Å². The molecule has 0 atom stereocenters. The molecule has 37 heavy (non-hydrogen) atoms. The highest BCUT2D eigenvalue weighted by Crippen LogP contribution is 2.36. The molecule has 0 amide bonds. The number of piperazine rings is 1. The van der Waals surface area contributed by atoms with Gasteiger partial charge in [-0.3, -0.25) is 4.98 Å². The number of unbranched alkanes of at least 4 members (excludes halogenated alkanes) is 2. The molecular weight excluding hydrogens is 450 g/mol. The van der Waals surface area contributed by atoms with Gasteiger partial charge in [-0.25, -0.2) is 0 Å². The van der Waals surface area contributed by atoms with Gasteiger partial charge in [-0.15, -0.1) is 0 Å². The molecule has 3 nitrogen and oxygen atoms in total. The molecule has 0 radical (unpaired) electrons. The molecule has 2 heterocycles. The van der Waals surface area contributed by atoms with E-state index in [0.29, 0.717) is 11.8 Å². The molecule has 1 aliphatic heterocycles. The van der Waals surface area contributed by atoms with E-state index in [-0.39, 0.29) is 0 Å². The Balaban J connectivity index is 1.86. The number of allylic oxidation sites excluding steroid dienone is 5. The minimum atomic E-state index is 0.597. The summed E-state index contributed by atoms with van der Waals surface area (Å²) in [5.41, 5.74) is 5.39. The van der Waals surface area contributed by atoms with Gasteiger partial charge in [0, 0.05) is 60.8 Å². The van der Waals surface area contributed by atoms with Crippen LogP contribution in [0.1, 0.15) is 121 Å². The van der Waals surface area contributed by atoms with Crippen LogP contribution in [-0.4, -0.2) is 36.1 Å². The molecule has 0 spiro atoms. The molecule has 1 aromatic heterocycles. The summed E-state index contributed by atoms with van der Waals surface area (Å²) in [7, 11) is 0. The fourth-order valence-corrected chi connectivity index (χ4v) is 6.03. The lowest BCUT2D eigenvalue weighted by Gasteiger charge is -2.38. The highest BCUT2D eigenvalue weighted by atomic mass is 15.3. The third-order valence-corrected chi connectivity index (χ3v) is 8.31. The topological polar surface area (TPSA) is 19.4 Å². The van der Waals surface area contributed by atoms with E-state index in [1.54, 1.807) is 0 Å². The van der Waals surface area contributed by atoms with Crippen LogP contribution < -0.4 is 4.90 Å².